The Morgan fingerprint density at radius 3 is 3.25 bits per heavy atom. The molecule has 60 valence electrons. The van der Waals surface area contributed by atoms with Gasteiger partial charge >= 0.3 is 0 Å². The zero-order valence-corrected chi connectivity index (χ0v) is 6.95. The number of hydrogen-bond donors (Lipinski definition) is 1. The van der Waals surface area contributed by atoms with Gasteiger partial charge in [-0.3, -0.25) is 0 Å². The fourth-order valence-electron chi connectivity index (χ4n) is 1.02. The molecule has 0 bridgehead atoms. The number of thiazole rings is 1. The van der Waals surface area contributed by atoms with Crippen molar-refractivity contribution in [1.82, 2.24) is 4.98 Å². The molecule has 0 atom stereocenters. The molecule has 0 radical (unpaired) electrons. The van der Waals surface area contributed by atoms with Crippen molar-refractivity contribution >= 4 is 27.8 Å². The van der Waals surface area contributed by atoms with Gasteiger partial charge in [-0.2, -0.15) is 0 Å². The summed E-state index contributed by atoms with van der Waals surface area (Å²) in [5.74, 6) is 0. The van der Waals surface area contributed by atoms with Crippen LogP contribution >= 0.6 is 11.3 Å². The van der Waals surface area contributed by atoms with Gasteiger partial charge in [0.25, 0.3) is 0 Å². The molecule has 3 nitrogen and oxygen atoms in total. The van der Waals surface area contributed by atoms with Gasteiger partial charge in [-0.15, -0.1) is 11.3 Å². The molecule has 1 heterocycles. The molecule has 0 unspecified atom stereocenters. The molecule has 0 aliphatic rings. The van der Waals surface area contributed by atoms with E-state index in [4.69, 9.17) is 5.21 Å². The van der Waals surface area contributed by atoms with Gasteiger partial charge < -0.3 is 5.21 Å². The Hall–Kier alpha value is -1.42. The molecule has 2 aromatic rings. The summed E-state index contributed by atoms with van der Waals surface area (Å²) in [5, 5.41) is 11.3. The fraction of sp³-hybridized carbons (Fsp3) is 0. The predicted octanol–water partition coefficient (Wildman–Crippen LogP) is 2.10. The SMILES string of the molecule is O/N=C/c1ccc2ncsc2c1. The quantitative estimate of drug-likeness (QED) is 0.413. The van der Waals surface area contributed by atoms with E-state index in [1.54, 1.807) is 16.8 Å². The summed E-state index contributed by atoms with van der Waals surface area (Å²) in [6, 6.07) is 5.71. The molecule has 4 heteroatoms. The number of fused-ring (bicyclic) bond motifs is 1. The second-order valence-electron chi connectivity index (χ2n) is 2.32. The number of oxime groups is 1. The highest BCUT2D eigenvalue weighted by Crippen LogP contribution is 2.17. The Morgan fingerprint density at radius 2 is 2.42 bits per heavy atom. The third kappa shape index (κ3) is 1.16. The third-order valence-electron chi connectivity index (χ3n) is 1.56. The molecule has 0 spiro atoms. The monoisotopic (exact) mass is 178 g/mol. The van der Waals surface area contributed by atoms with Gasteiger partial charge in [-0.1, -0.05) is 11.2 Å². The lowest BCUT2D eigenvalue weighted by atomic mass is 10.2. The van der Waals surface area contributed by atoms with Crippen LogP contribution in [-0.4, -0.2) is 16.4 Å². The molecule has 1 N–H and O–H groups in total. The van der Waals surface area contributed by atoms with Gasteiger partial charge in [0.1, 0.15) is 0 Å². The van der Waals surface area contributed by atoms with Crippen LogP contribution in [0.4, 0.5) is 0 Å². The first kappa shape index (κ1) is 7.24. The van der Waals surface area contributed by atoms with Crippen molar-refractivity contribution in [2.75, 3.05) is 0 Å². The lowest BCUT2D eigenvalue weighted by Gasteiger charge is -1.90. The van der Waals surface area contributed by atoms with Crippen molar-refractivity contribution in [1.29, 1.82) is 0 Å². The molecule has 0 aliphatic carbocycles. The van der Waals surface area contributed by atoms with E-state index in [1.807, 2.05) is 18.2 Å². The second kappa shape index (κ2) is 2.91. The van der Waals surface area contributed by atoms with Crippen molar-refractivity contribution in [3.05, 3.63) is 29.3 Å². The van der Waals surface area contributed by atoms with Crippen LogP contribution in [0.1, 0.15) is 5.56 Å². The number of rotatable bonds is 1. The van der Waals surface area contributed by atoms with E-state index in [1.165, 1.54) is 6.21 Å². The average molecular weight is 178 g/mol. The molecule has 0 saturated carbocycles. The largest absolute Gasteiger partial charge is 0.411 e. The van der Waals surface area contributed by atoms with Crippen LogP contribution in [0.3, 0.4) is 0 Å². The van der Waals surface area contributed by atoms with E-state index >= 15 is 0 Å². The van der Waals surface area contributed by atoms with Crippen LogP contribution in [0.2, 0.25) is 0 Å². The number of benzene rings is 1. The zero-order valence-electron chi connectivity index (χ0n) is 6.14. The van der Waals surface area contributed by atoms with E-state index in [2.05, 4.69) is 10.1 Å². The second-order valence-corrected chi connectivity index (χ2v) is 3.21. The summed E-state index contributed by atoms with van der Waals surface area (Å²) in [4.78, 5) is 4.13. The smallest absolute Gasteiger partial charge is 0.0812 e. The van der Waals surface area contributed by atoms with Crippen LogP contribution in [0, 0.1) is 0 Å². The minimum Gasteiger partial charge on any atom is -0.411 e. The predicted molar refractivity (Wildman–Crippen MR) is 49.0 cm³/mol. The molecule has 1 aromatic heterocycles. The van der Waals surface area contributed by atoms with Gasteiger partial charge in [0.2, 0.25) is 0 Å². The molecule has 2 rings (SSSR count). The van der Waals surface area contributed by atoms with Crippen LogP contribution in [-0.2, 0) is 0 Å². The van der Waals surface area contributed by atoms with Crippen molar-refractivity contribution in [3.63, 3.8) is 0 Å². The maximum atomic E-state index is 8.30. The maximum absolute atomic E-state index is 8.30. The molecule has 0 fully saturated rings. The zero-order chi connectivity index (χ0) is 8.39. The highest BCUT2D eigenvalue weighted by molar-refractivity contribution is 7.16. The highest BCUT2D eigenvalue weighted by Gasteiger charge is 1.95. The Labute approximate surface area is 73.0 Å². The Balaban J connectivity index is 2.60. The van der Waals surface area contributed by atoms with Gasteiger partial charge in [-0.25, -0.2) is 4.98 Å². The molecule has 0 amide bonds. The van der Waals surface area contributed by atoms with E-state index in [-0.39, 0.29) is 0 Å². The van der Waals surface area contributed by atoms with Crippen molar-refractivity contribution < 1.29 is 5.21 Å². The summed E-state index contributed by atoms with van der Waals surface area (Å²) >= 11 is 1.57. The molecule has 12 heavy (non-hydrogen) atoms. The van der Waals surface area contributed by atoms with Gasteiger partial charge in [0.05, 0.1) is 21.9 Å². The summed E-state index contributed by atoms with van der Waals surface area (Å²) in [6.07, 6.45) is 1.40. The van der Waals surface area contributed by atoms with E-state index < -0.39 is 0 Å². The Morgan fingerprint density at radius 1 is 1.50 bits per heavy atom. The third-order valence-corrected chi connectivity index (χ3v) is 2.35. The van der Waals surface area contributed by atoms with Gasteiger partial charge in [-0.05, 0) is 17.7 Å². The van der Waals surface area contributed by atoms with Crippen LogP contribution < -0.4 is 0 Å². The standard InChI is InChI=1S/C8H6N2OS/c11-10-4-6-1-2-7-8(3-6)12-5-9-7/h1-5,11H/b10-4+. The summed E-state index contributed by atoms with van der Waals surface area (Å²) in [7, 11) is 0. The average Bonchev–Trinajstić information content (AvgIpc) is 2.51. The van der Waals surface area contributed by atoms with Crippen molar-refractivity contribution in [3.8, 4) is 0 Å². The van der Waals surface area contributed by atoms with E-state index in [9.17, 15) is 0 Å². The number of aromatic nitrogens is 1. The fourth-order valence-corrected chi connectivity index (χ4v) is 1.74. The lowest BCUT2D eigenvalue weighted by Crippen LogP contribution is -1.78. The summed E-state index contributed by atoms with van der Waals surface area (Å²) < 4.78 is 1.10. The molecule has 1 aromatic carbocycles. The van der Waals surface area contributed by atoms with Crippen LogP contribution in [0.15, 0.2) is 28.9 Å². The molecule has 0 saturated heterocycles. The van der Waals surface area contributed by atoms with Crippen molar-refractivity contribution in [2.45, 2.75) is 0 Å². The topological polar surface area (TPSA) is 45.5 Å². The minimum atomic E-state index is 0.884. The lowest BCUT2D eigenvalue weighted by molar-refractivity contribution is 0.322. The number of nitrogens with zero attached hydrogens (tertiary/aromatic N) is 2. The van der Waals surface area contributed by atoms with E-state index in [0.29, 0.717) is 0 Å². The van der Waals surface area contributed by atoms with Crippen LogP contribution in [0.25, 0.3) is 10.2 Å². The Bertz CT molecular complexity index is 422. The molecular weight excluding hydrogens is 172 g/mol. The Kier molecular flexibility index (Phi) is 1.75. The van der Waals surface area contributed by atoms with Crippen molar-refractivity contribution in [2.24, 2.45) is 5.16 Å². The minimum absolute atomic E-state index is 0.884. The summed E-state index contributed by atoms with van der Waals surface area (Å²) in [6.45, 7) is 0. The maximum Gasteiger partial charge on any atom is 0.0812 e. The first-order chi connectivity index (χ1) is 5.90. The first-order valence-corrected chi connectivity index (χ1v) is 4.29. The summed E-state index contributed by atoms with van der Waals surface area (Å²) in [5.41, 5.74) is 3.66. The van der Waals surface area contributed by atoms with Gasteiger partial charge in [0.15, 0.2) is 0 Å². The highest BCUT2D eigenvalue weighted by atomic mass is 32.1. The van der Waals surface area contributed by atoms with E-state index in [0.717, 1.165) is 15.8 Å². The first-order valence-electron chi connectivity index (χ1n) is 3.41. The van der Waals surface area contributed by atoms with Gasteiger partial charge in [0, 0.05) is 0 Å². The molecule has 0 aliphatic heterocycles. The number of hydrogen-bond acceptors (Lipinski definition) is 4. The normalized spacial score (nSPS) is 11.3. The molecular formula is C8H6N2OS. The van der Waals surface area contributed by atoms with Crippen LogP contribution in [0.5, 0.6) is 0 Å².